The molecule has 102 valence electrons. The third-order valence-corrected chi connectivity index (χ3v) is 2.37. The number of halogens is 3. The van der Waals surface area contributed by atoms with Crippen molar-refractivity contribution < 1.29 is 28.1 Å². The van der Waals surface area contributed by atoms with Crippen LogP contribution in [-0.4, -0.2) is 23.4 Å². The van der Waals surface area contributed by atoms with Gasteiger partial charge in [0.25, 0.3) is 0 Å². The van der Waals surface area contributed by atoms with Crippen LogP contribution in [0.15, 0.2) is 18.2 Å². The molecule has 0 aliphatic heterocycles. The Labute approximate surface area is 103 Å². The van der Waals surface area contributed by atoms with Crippen molar-refractivity contribution in [3.63, 3.8) is 0 Å². The number of rotatable bonds is 5. The highest BCUT2D eigenvalue weighted by atomic mass is 19.4. The Morgan fingerprint density at radius 2 is 1.94 bits per heavy atom. The van der Waals surface area contributed by atoms with Crippen molar-refractivity contribution in [2.24, 2.45) is 5.92 Å². The Morgan fingerprint density at radius 3 is 2.44 bits per heavy atom. The Balaban J connectivity index is 2.96. The van der Waals surface area contributed by atoms with E-state index in [2.05, 4.69) is 0 Å². The molecule has 0 saturated carbocycles. The number of hydrogen-bond acceptors (Lipinski definition) is 3. The van der Waals surface area contributed by atoms with Gasteiger partial charge in [0.05, 0.1) is 18.8 Å². The second-order valence-corrected chi connectivity index (χ2v) is 4.09. The zero-order valence-corrected chi connectivity index (χ0v) is 9.87. The fraction of sp³-hybridized carbons (Fsp3) is 0.500. The lowest BCUT2D eigenvalue weighted by Gasteiger charge is -2.16. The molecule has 0 heterocycles. The predicted molar refractivity (Wildman–Crippen MR) is 59.1 cm³/mol. The van der Waals surface area contributed by atoms with Crippen molar-refractivity contribution in [1.29, 1.82) is 0 Å². The number of aliphatic hydroxyl groups excluding tert-OH is 2. The molecule has 2 N–H and O–H groups in total. The molecule has 3 nitrogen and oxygen atoms in total. The summed E-state index contributed by atoms with van der Waals surface area (Å²) in [5.74, 6) is -0.538. The number of alkyl halides is 3. The third kappa shape index (κ3) is 3.89. The summed E-state index contributed by atoms with van der Waals surface area (Å²) in [6.07, 6.45) is -4.54. The smallest absolute Gasteiger partial charge is 0.419 e. The van der Waals surface area contributed by atoms with Crippen LogP contribution in [0.3, 0.4) is 0 Å². The van der Waals surface area contributed by atoms with Gasteiger partial charge in [0.15, 0.2) is 0 Å². The van der Waals surface area contributed by atoms with Crippen LogP contribution in [0.1, 0.15) is 18.1 Å². The number of hydrogen-bond donors (Lipinski definition) is 2. The van der Waals surface area contributed by atoms with Crippen molar-refractivity contribution in [2.45, 2.75) is 19.7 Å². The highest BCUT2D eigenvalue weighted by Gasteiger charge is 2.34. The molecule has 1 aromatic rings. The molecule has 0 bridgehead atoms. The Kier molecular flexibility index (Phi) is 4.98. The van der Waals surface area contributed by atoms with E-state index < -0.39 is 18.3 Å². The summed E-state index contributed by atoms with van der Waals surface area (Å²) < 4.78 is 43.3. The molecule has 6 heteroatoms. The zero-order valence-electron chi connectivity index (χ0n) is 9.87. The second-order valence-electron chi connectivity index (χ2n) is 4.09. The lowest BCUT2D eigenvalue weighted by atomic mass is 10.1. The molecule has 0 radical (unpaired) electrons. The van der Waals surface area contributed by atoms with Gasteiger partial charge in [0.1, 0.15) is 5.75 Å². The normalized spacial score (nSPS) is 13.4. The van der Waals surface area contributed by atoms with Gasteiger partial charge in [-0.25, -0.2) is 0 Å². The number of aliphatic hydroxyl groups is 2. The monoisotopic (exact) mass is 264 g/mol. The van der Waals surface area contributed by atoms with E-state index >= 15 is 0 Å². The molecule has 1 unspecified atom stereocenters. The van der Waals surface area contributed by atoms with E-state index in [0.717, 1.165) is 6.07 Å². The van der Waals surface area contributed by atoms with Crippen molar-refractivity contribution in [2.75, 3.05) is 13.2 Å². The summed E-state index contributed by atoms with van der Waals surface area (Å²) in [6, 6.07) is 3.41. The van der Waals surface area contributed by atoms with E-state index in [4.69, 9.17) is 14.9 Å². The molecule has 0 aliphatic carbocycles. The molecule has 1 atom stereocenters. The first-order valence-electron chi connectivity index (χ1n) is 5.43. The molecule has 1 rings (SSSR count). The maximum Gasteiger partial charge on any atom is 0.419 e. The van der Waals surface area contributed by atoms with E-state index in [1.165, 1.54) is 12.1 Å². The first-order valence-corrected chi connectivity index (χ1v) is 5.43. The van der Waals surface area contributed by atoms with Crippen molar-refractivity contribution in [3.05, 3.63) is 29.3 Å². The molecule has 0 fully saturated rings. The molecule has 0 saturated heterocycles. The van der Waals surface area contributed by atoms with Gasteiger partial charge in [0, 0.05) is 12.5 Å². The van der Waals surface area contributed by atoms with E-state index in [-0.39, 0.29) is 30.4 Å². The maximum atomic E-state index is 12.8. The van der Waals surface area contributed by atoms with Gasteiger partial charge in [-0.1, -0.05) is 13.0 Å². The molecular formula is C12H15F3O3. The average Bonchev–Trinajstić information content (AvgIpc) is 2.34. The molecule has 0 spiro atoms. The summed E-state index contributed by atoms with van der Waals surface area (Å²) in [7, 11) is 0. The lowest BCUT2D eigenvalue weighted by molar-refractivity contribution is -0.139. The van der Waals surface area contributed by atoms with Gasteiger partial charge in [-0.3, -0.25) is 0 Å². The maximum absolute atomic E-state index is 12.8. The standard InChI is InChI=1S/C12H15F3O3/c1-8(5-16)7-18-11-3-2-9(6-17)4-10(11)12(13,14)15/h2-4,8,16-17H,5-7H2,1H3. The van der Waals surface area contributed by atoms with Gasteiger partial charge in [-0.15, -0.1) is 0 Å². The Hall–Kier alpha value is -1.27. The minimum absolute atomic E-state index is 0.00193. The van der Waals surface area contributed by atoms with Gasteiger partial charge in [0.2, 0.25) is 0 Å². The fourth-order valence-corrected chi connectivity index (χ4v) is 1.31. The van der Waals surface area contributed by atoms with Crippen molar-refractivity contribution >= 4 is 0 Å². The summed E-state index contributed by atoms with van der Waals surface area (Å²) in [5, 5.41) is 17.6. The van der Waals surface area contributed by atoms with Crippen LogP contribution in [0.2, 0.25) is 0 Å². The molecule has 0 aromatic heterocycles. The highest BCUT2D eigenvalue weighted by Crippen LogP contribution is 2.37. The first kappa shape index (κ1) is 14.8. The minimum Gasteiger partial charge on any atom is -0.493 e. The van der Waals surface area contributed by atoms with Crippen LogP contribution in [0.25, 0.3) is 0 Å². The topological polar surface area (TPSA) is 49.7 Å². The van der Waals surface area contributed by atoms with Crippen LogP contribution in [0.4, 0.5) is 13.2 Å². The third-order valence-electron chi connectivity index (χ3n) is 2.37. The summed E-state index contributed by atoms with van der Waals surface area (Å²) in [4.78, 5) is 0. The summed E-state index contributed by atoms with van der Waals surface area (Å²) in [5.41, 5.74) is -0.746. The largest absolute Gasteiger partial charge is 0.493 e. The SMILES string of the molecule is CC(CO)COc1ccc(CO)cc1C(F)(F)F. The molecule has 0 amide bonds. The van der Waals surface area contributed by atoms with Gasteiger partial charge in [-0.05, 0) is 17.7 Å². The van der Waals surface area contributed by atoms with Crippen molar-refractivity contribution in [3.8, 4) is 5.75 Å². The molecule has 1 aromatic carbocycles. The van der Waals surface area contributed by atoms with Gasteiger partial charge < -0.3 is 14.9 Å². The Morgan fingerprint density at radius 1 is 1.28 bits per heavy atom. The second kappa shape index (κ2) is 6.06. The van der Waals surface area contributed by atoms with Crippen molar-refractivity contribution in [1.82, 2.24) is 0 Å². The minimum atomic E-state index is -4.54. The average molecular weight is 264 g/mol. The van der Waals surface area contributed by atoms with Crippen LogP contribution in [0, 0.1) is 5.92 Å². The predicted octanol–water partition coefficient (Wildman–Crippen LogP) is 2.20. The molecular weight excluding hydrogens is 249 g/mol. The number of ether oxygens (including phenoxy) is 1. The summed E-state index contributed by atoms with van der Waals surface area (Å²) in [6.45, 7) is 1.04. The van der Waals surface area contributed by atoms with Crippen LogP contribution in [-0.2, 0) is 12.8 Å². The van der Waals surface area contributed by atoms with Gasteiger partial charge >= 0.3 is 6.18 Å². The van der Waals surface area contributed by atoms with E-state index in [9.17, 15) is 13.2 Å². The zero-order chi connectivity index (χ0) is 13.8. The molecule has 18 heavy (non-hydrogen) atoms. The Bertz CT molecular complexity index is 391. The van der Waals surface area contributed by atoms with Gasteiger partial charge in [-0.2, -0.15) is 13.2 Å². The number of benzene rings is 1. The quantitative estimate of drug-likeness (QED) is 0.857. The van der Waals surface area contributed by atoms with E-state index in [1.54, 1.807) is 6.92 Å². The van der Waals surface area contributed by atoms with E-state index in [1.807, 2.05) is 0 Å². The van der Waals surface area contributed by atoms with Crippen LogP contribution in [0.5, 0.6) is 5.75 Å². The van der Waals surface area contributed by atoms with Crippen LogP contribution < -0.4 is 4.74 Å². The lowest BCUT2D eigenvalue weighted by Crippen LogP contribution is -2.15. The summed E-state index contributed by atoms with van der Waals surface area (Å²) >= 11 is 0. The fourth-order valence-electron chi connectivity index (χ4n) is 1.31. The highest BCUT2D eigenvalue weighted by molar-refractivity contribution is 5.39. The van der Waals surface area contributed by atoms with Crippen LogP contribution >= 0.6 is 0 Å². The first-order chi connectivity index (χ1) is 8.38. The van der Waals surface area contributed by atoms with E-state index in [0.29, 0.717) is 0 Å². The molecule has 0 aliphatic rings.